The summed E-state index contributed by atoms with van der Waals surface area (Å²) in [5, 5.41) is 11.9. The SMILES string of the molecule is Fc1cc(-n2nnnc2C2CCCCC2)ccc1Br. The Bertz CT molecular complexity index is 578. The Kier molecular flexibility index (Phi) is 3.59. The van der Waals surface area contributed by atoms with Gasteiger partial charge in [-0.2, -0.15) is 4.68 Å². The Hall–Kier alpha value is -1.30. The predicted molar refractivity (Wildman–Crippen MR) is 72.6 cm³/mol. The number of hydrogen-bond acceptors (Lipinski definition) is 3. The Morgan fingerprint density at radius 3 is 2.74 bits per heavy atom. The zero-order chi connectivity index (χ0) is 13.2. The molecule has 0 amide bonds. The van der Waals surface area contributed by atoms with E-state index in [4.69, 9.17) is 0 Å². The number of aromatic nitrogens is 4. The van der Waals surface area contributed by atoms with Crippen LogP contribution in [-0.2, 0) is 0 Å². The highest BCUT2D eigenvalue weighted by Gasteiger charge is 2.22. The second-order valence-electron chi connectivity index (χ2n) is 4.88. The van der Waals surface area contributed by atoms with Gasteiger partial charge in [-0.1, -0.05) is 19.3 Å². The van der Waals surface area contributed by atoms with Crippen LogP contribution in [0.25, 0.3) is 5.69 Å². The predicted octanol–water partition coefficient (Wildman–Crippen LogP) is 3.61. The van der Waals surface area contributed by atoms with E-state index in [9.17, 15) is 4.39 Å². The van der Waals surface area contributed by atoms with E-state index in [-0.39, 0.29) is 5.82 Å². The summed E-state index contributed by atoms with van der Waals surface area (Å²) in [6, 6.07) is 4.94. The van der Waals surface area contributed by atoms with Gasteiger partial charge in [0.2, 0.25) is 0 Å². The first-order chi connectivity index (χ1) is 9.25. The summed E-state index contributed by atoms with van der Waals surface area (Å²) in [7, 11) is 0. The van der Waals surface area contributed by atoms with Crippen molar-refractivity contribution in [2.75, 3.05) is 0 Å². The molecule has 19 heavy (non-hydrogen) atoms. The number of hydrogen-bond donors (Lipinski definition) is 0. The molecule has 3 rings (SSSR count). The zero-order valence-corrected chi connectivity index (χ0v) is 12.0. The number of rotatable bonds is 2. The fourth-order valence-electron chi connectivity index (χ4n) is 2.61. The van der Waals surface area contributed by atoms with Crippen molar-refractivity contribution >= 4 is 15.9 Å². The van der Waals surface area contributed by atoms with Crippen molar-refractivity contribution in [2.24, 2.45) is 0 Å². The minimum absolute atomic E-state index is 0.303. The second kappa shape index (κ2) is 5.36. The molecule has 1 aromatic carbocycles. The van der Waals surface area contributed by atoms with Gasteiger partial charge in [-0.05, 0) is 51.3 Å². The maximum Gasteiger partial charge on any atom is 0.159 e. The van der Waals surface area contributed by atoms with Crippen LogP contribution in [0.2, 0.25) is 0 Å². The fourth-order valence-corrected chi connectivity index (χ4v) is 2.86. The average molecular weight is 325 g/mol. The molecule has 0 unspecified atom stereocenters. The lowest BCUT2D eigenvalue weighted by Gasteiger charge is -2.20. The number of halogens is 2. The molecule has 0 saturated heterocycles. The molecule has 1 aromatic heterocycles. The van der Waals surface area contributed by atoms with Crippen LogP contribution in [0.3, 0.4) is 0 Å². The number of benzene rings is 1. The van der Waals surface area contributed by atoms with Crippen molar-refractivity contribution in [1.82, 2.24) is 20.2 Å². The van der Waals surface area contributed by atoms with E-state index in [0.717, 1.165) is 18.7 Å². The molecular weight excluding hydrogens is 311 g/mol. The Morgan fingerprint density at radius 1 is 1.21 bits per heavy atom. The molecule has 1 heterocycles. The molecule has 1 aliphatic carbocycles. The maximum absolute atomic E-state index is 13.6. The van der Waals surface area contributed by atoms with Gasteiger partial charge in [0.1, 0.15) is 5.82 Å². The number of nitrogens with zero attached hydrogens (tertiary/aromatic N) is 4. The van der Waals surface area contributed by atoms with Gasteiger partial charge >= 0.3 is 0 Å². The van der Waals surface area contributed by atoms with Crippen LogP contribution < -0.4 is 0 Å². The van der Waals surface area contributed by atoms with E-state index in [2.05, 4.69) is 31.5 Å². The van der Waals surface area contributed by atoms with Crippen LogP contribution in [0.15, 0.2) is 22.7 Å². The molecule has 0 atom stereocenters. The molecule has 1 saturated carbocycles. The summed E-state index contributed by atoms with van der Waals surface area (Å²) in [5.41, 5.74) is 0.672. The lowest BCUT2D eigenvalue weighted by atomic mass is 9.89. The fraction of sp³-hybridized carbons (Fsp3) is 0.462. The minimum atomic E-state index is -0.303. The first-order valence-corrected chi connectivity index (χ1v) is 7.28. The highest BCUT2D eigenvalue weighted by Crippen LogP contribution is 2.32. The normalized spacial score (nSPS) is 16.7. The first-order valence-electron chi connectivity index (χ1n) is 6.49. The van der Waals surface area contributed by atoms with Crippen molar-refractivity contribution in [3.63, 3.8) is 0 Å². The third-order valence-corrected chi connectivity index (χ3v) is 4.25. The molecular formula is C13H14BrFN4. The molecule has 100 valence electrons. The highest BCUT2D eigenvalue weighted by molar-refractivity contribution is 9.10. The van der Waals surface area contributed by atoms with Gasteiger partial charge in [-0.25, -0.2) is 4.39 Å². The van der Waals surface area contributed by atoms with Gasteiger partial charge < -0.3 is 0 Å². The monoisotopic (exact) mass is 324 g/mol. The quantitative estimate of drug-likeness (QED) is 0.847. The van der Waals surface area contributed by atoms with Crippen LogP contribution in [0.5, 0.6) is 0 Å². The third kappa shape index (κ3) is 2.54. The summed E-state index contributed by atoms with van der Waals surface area (Å²) in [5.74, 6) is 0.930. The molecule has 1 aliphatic rings. The topological polar surface area (TPSA) is 43.6 Å². The van der Waals surface area contributed by atoms with Crippen molar-refractivity contribution in [1.29, 1.82) is 0 Å². The summed E-state index contributed by atoms with van der Waals surface area (Å²) in [6.45, 7) is 0. The molecule has 0 aliphatic heterocycles. The van der Waals surface area contributed by atoms with Crippen molar-refractivity contribution in [3.8, 4) is 5.69 Å². The molecule has 1 fully saturated rings. The van der Waals surface area contributed by atoms with Gasteiger partial charge in [0, 0.05) is 12.0 Å². The molecule has 0 bridgehead atoms. The Morgan fingerprint density at radius 2 is 2.00 bits per heavy atom. The highest BCUT2D eigenvalue weighted by atomic mass is 79.9. The van der Waals surface area contributed by atoms with E-state index in [1.807, 2.05) is 6.07 Å². The summed E-state index contributed by atoms with van der Waals surface area (Å²) in [6.07, 6.45) is 5.93. The van der Waals surface area contributed by atoms with Crippen LogP contribution in [-0.4, -0.2) is 20.2 Å². The van der Waals surface area contributed by atoms with Crippen LogP contribution in [0.1, 0.15) is 43.8 Å². The zero-order valence-electron chi connectivity index (χ0n) is 10.4. The summed E-state index contributed by atoms with van der Waals surface area (Å²) in [4.78, 5) is 0. The van der Waals surface area contributed by atoms with Gasteiger partial charge in [-0.15, -0.1) is 5.10 Å². The van der Waals surface area contributed by atoms with E-state index >= 15 is 0 Å². The average Bonchev–Trinajstić information content (AvgIpc) is 2.92. The van der Waals surface area contributed by atoms with Gasteiger partial charge in [0.25, 0.3) is 0 Å². The van der Waals surface area contributed by atoms with Crippen LogP contribution in [0, 0.1) is 5.82 Å². The summed E-state index contributed by atoms with van der Waals surface area (Å²) < 4.78 is 15.7. The molecule has 0 spiro atoms. The minimum Gasteiger partial charge on any atom is -0.206 e. The standard InChI is InChI=1S/C13H14BrFN4/c14-11-7-6-10(8-12(11)15)19-13(16-17-18-19)9-4-2-1-3-5-9/h6-9H,1-5H2. The Labute approximate surface area is 119 Å². The largest absolute Gasteiger partial charge is 0.206 e. The second-order valence-corrected chi connectivity index (χ2v) is 5.74. The Balaban J connectivity index is 1.96. The maximum atomic E-state index is 13.6. The molecule has 4 nitrogen and oxygen atoms in total. The molecule has 6 heteroatoms. The van der Waals surface area contributed by atoms with Crippen molar-refractivity contribution in [3.05, 3.63) is 34.3 Å². The van der Waals surface area contributed by atoms with E-state index in [1.165, 1.54) is 25.3 Å². The molecule has 2 aromatic rings. The lowest BCUT2D eigenvalue weighted by molar-refractivity contribution is 0.422. The van der Waals surface area contributed by atoms with Gasteiger partial charge in [0.15, 0.2) is 5.82 Å². The van der Waals surface area contributed by atoms with E-state index < -0.39 is 0 Å². The molecule has 0 radical (unpaired) electrons. The van der Waals surface area contributed by atoms with E-state index in [1.54, 1.807) is 10.7 Å². The van der Waals surface area contributed by atoms with Gasteiger partial charge in [-0.3, -0.25) is 0 Å². The van der Waals surface area contributed by atoms with Crippen molar-refractivity contribution < 1.29 is 4.39 Å². The van der Waals surface area contributed by atoms with Crippen LogP contribution in [0.4, 0.5) is 4.39 Å². The first kappa shape index (κ1) is 12.7. The van der Waals surface area contributed by atoms with E-state index in [0.29, 0.717) is 16.1 Å². The molecule has 0 N–H and O–H groups in total. The number of tetrazole rings is 1. The third-order valence-electron chi connectivity index (χ3n) is 3.61. The smallest absolute Gasteiger partial charge is 0.159 e. The van der Waals surface area contributed by atoms with Crippen molar-refractivity contribution in [2.45, 2.75) is 38.0 Å². The van der Waals surface area contributed by atoms with Gasteiger partial charge in [0.05, 0.1) is 10.2 Å². The lowest BCUT2D eigenvalue weighted by Crippen LogP contribution is -2.12. The summed E-state index contributed by atoms with van der Waals surface area (Å²) >= 11 is 3.15. The van der Waals surface area contributed by atoms with Crippen LogP contribution >= 0.6 is 15.9 Å².